The van der Waals surface area contributed by atoms with Crippen molar-refractivity contribution in [3.05, 3.63) is 33.8 Å². The van der Waals surface area contributed by atoms with E-state index in [2.05, 4.69) is 10.6 Å². The lowest BCUT2D eigenvalue weighted by Gasteiger charge is -2.22. The predicted molar refractivity (Wildman–Crippen MR) is 99.2 cm³/mol. The molecule has 0 aliphatic carbocycles. The van der Waals surface area contributed by atoms with Crippen LogP contribution < -0.4 is 10.6 Å². The Labute approximate surface area is 158 Å². The van der Waals surface area contributed by atoms with E-state index in [1.54, 1.807) is 32.0 Å². The summed E-state index contributed by atoms with van der Waals surface area (Å²) in [7, 11) is 0. The van der Waals surface area contributed by atoms with Crippen molar-refractivity contribution in [3.8, 4) is 0 Å². The zero-order valence-electron chi connectivity index (χ0n) is 13.8. The minimum atomic E-state index is -0.958. The van der Waals surface area contributed by atoms with Crippen LogP contribution in [0.15, 0.2) is 18.2 Å². The molecule has 1 amide bonds. The third-order valence-corrected chi connectivity index (χ3v) is 4.07. The Bertz CT molecular complexity index is 569. The van der Waals surface area contributed by atoms with Crippen LogP contribution in [0.5, 0.6) is 0 Å². The zero-order chi connectivity index (χ0) is 17.6. The van der Waals surface area contributed by atoms with Gasteiger partial charge in [-0.15, -0.1) is 12.4 Å². The van der Waals surface area contributed by atoms with Gasteiger partial charge in [-0.05, 0) is 38.0 Å². The number of aliphatic carboxylic acids is 1. The number of benzene rings is 1. The van der Waals surface area contributed by atoms with Crippen molar-refractivity contribution >= 4 is 47.5 Å². The highest BCUT2D eigenvalue weighted by Crippen LogP contribution is 2.26. The third-order valence-electron chi connectivity index (χ3n) is 3.51. The van der Waals surface area contributed by atoms with Gasteiger partial charge in [-0.25, -0.2) is 0 Å². The van der Waals surface area contributed by atoms with E-state index in [-0.39, 0.29) is 24.4 Å². The second kappa shape index (κ2) is 10.8. The normalized spacial score (nSPS) is 14.2. The van der Waals surface area contributed by atoms with Crippen molar-refractivity contribution in [1.82, 2.24) is 10.6 Å². The Morgan fingerprint density at radius 2 is 1.88 bits per heavy atom. The number of amides is 1. The van der Waals surface area contributed by atoms with Crippen molar-refractivity contribution in [3.63, 3.8) is 0 Å². The Morgan fingerprint density at radius 3 is 2.38 bits per heavy atom. The van der Waals surface area contributed by atoms with Crippen LogP contribution in [-0.2, 0) is 9.59 Å². The van der Waals surface area contributed by atoms with Gasteiger partial charge in [-0.3, -0.25) is 14.9 Å². The summed E-state index contributed by atoms with van der Waals surface area (Å²) in [6.07, 6.45) is 1.18. The number of carbonyl (C=O) groups is 2. The summed E-state index contributed by atoms with van der Waals surface area (Å²) in [5.74, 6) is -1.24. The molecule has 0 radical (unpaired) electrons. The quantitative estimate of drug-likeness (QED) is 0.623. The first kappa shape index (κ1) is 23.0. The highest BCUT2D eigenvalue weighted by atomic mass is 35.5. The van der Waals surface area contributed by atoms with Gasteiger partial charge in [0.2, 0.25) is 5.91 Å². The molecule has 0 saturated heterocycles. The van der Waals surface area contributed by atoms with Crippen LogP contribution in [0, 0.1) is 0 Å². The van der Waals surface area contributed by atoms with Crippen LogP contribution in [-0.4, -0.2) is 29.1 Å². The fourth-order valence-corrected chi connectivity index (χ4v) is 2.79. The van der Waals surface area contributed by atoms with E-state index in [4.69, 9.17) is 28.3 Å². The summed E-state index contributed by atoms with van der Waals surface area (Å²) in [6, 6.07) is 3.39. The summed E-state index contributed by atoms with van der Waals surface area (Å²) < 4.78 is 0. The lowest BCUT2D eigenvalue weighted by molar-refractivity contribution is -0.140. The van der Waals surface area contributed by atoms with Crippen molar-refractivity contribution in [2.45, 2.75) is 51.7 Å². The number of nitrogens with one attached hydrogen (secondary N) is 2. The van der Waals surface area contributed by atoms with E-state index in [0.29, 0.717) is 16.5 Å². The lowest BCUT2D eigenvalue weighted by atomic mass is 10.1. The number of rotatable bonds is 8. The van der Waals surface area contributed by atoms with E-state index >= 15 is 0 Å². The minimum Gasteiger partial charge on any atom is -0.480 e. The molecule has 0 aromatic heterocycles. The van der Waals surface area contributed by atoms with Gasteiger partial charge in [0.1, 0.15) is 6.04 Å². The number of hydrogen-bond acceptors (Lipinski definition) is 3. The molecule has 136 valence electrons. The molecule has 3 unspecified atom stereocenters. The fraction of sp³-hybridized carbons (Fsp3) is 0.500. The molecule has 8 heteroatoms. The van der Waals surface area contributed by atoms with Gasteiger partial charge in [-0.2, -0.15) is 0 Å². The van der Waals surface area contributed by atoms with E-state index in [1.165, 1.54) is 0 Å². The first-order chi connectivity index (χ1) is 10.8. The Balaban J connectivity index is 0.00000529. The van der Waals surface area contributed by atoms with Crippen LogP contribution in [0.3, 0.4) is 0 Å². The summed E-state index contributed by atoms with van der Waals surface area (Å²) in [4.78, 5) is 23.4. The molecule has 0 spiro atoms. The first-order valence-corrected chi connectivity index (χ1v) is 8.26. The average Bonchev–Trinajstić information content (AvgIpc) is 2.46. The molecule has 3 N–H and O–H groups in total. The van der Waals surface area contributed by atoms with Crippen molar-refractivity contribution in [2.24, 2.45) is 0 Å². The van der Waals surface area contributed by atoms with E-state index < -0.39 is 18.1 Å². The third kappa shape index (κ3) is 6.85. The maximum atomic E-state index is 12.2. The smallest absolute Gasteiger partial charge is 0.320 e. The number of hydrogen-bond donors (Lipinski definition) is 3. The second-order valence-electron chi connectivity index (χ2n) is 5.46. The number of carboxylic acid groups (broad SMARTS) is 1. The number of carboxylic acids is 1. The van der Waals surface area contributed by atoms with Gasteiger partial charge in [0.25, 0.3) is 0 Å². The van der Waals surface area contributed by atoms with Crippen LogP contribution in [0.2, 0.25) is 10.0 Å². The standard InChI is InChI=1S/C16H22Cl2N2O3.ClH/c1-4-5-14(16(22)23)19-10(3)15(21)20-9(2)12-7-6-11(17)8-13(12)18;/h6-10,14,19H,4-5H2,1-3H3,(H,20,21)(H,22,23);1H. The van der Waals surface area contributed by atoms with Crippen molar-refractivity contribution in [1.29, 1.82) is 0 Å². The molecule has 0 fully saturated rings. The van der Waals surface area contributed by atoms with Crippen LogP contribution >= 0.6 is 35.6 Å². The monoisotopic (exact) mass is 396 g/mol. The number of halogens is 3. The van der Waals surface area contributed by atoms with E-state index in [0.717, 1.165) is 12.0 Å². The molecule has 1 aromatic rings. The van der Waals surface area contributed by atoms with Crippen LogP contribution in [0.4, 0.5) is 0 Å². The number of carbonyl (C=O) groups excluding carboxylic acids is 1. The predicted octanol–water partition coefficient (Wildman–Crippen LogP) is 3.82. The van der Waals surface area contributed by atoms with Gasteiger partial charge in [0, 0.05) is 10.0 Å². The molecular weight excluding hydrogens is 375 g/mol. The summed E-state index contributed by atoms with van der Waals surface area (Å²) >= 11 is 12.0. The Hall–Kier alpha value is -1.01. The van der Waals surface area contributed by atoms with Gasteiger partial charge in [0.15, 0.2) is 0 Å². The summed E-state index contributed by atoms with van der Waals surface area (Å²) in [5.41, 5.74) is 0.750. The van der Waals surface area contributed by atoms with Crippen LogP contribution in [0.25, 0.3) is 0 Å². The molecule has 0 bridgehead atoms. The molecule has 1 aromatic carbocycles. The highest BCUT2D eigenvalue weighted by Gasteiger charge is 2.23. The second-order valence-corrected chi connectivity index (χ2v) is 6.31. The molecule has 0 aliphatic heterocycles. The molecule has 5 nitrogen and oxygen atoms in total. The zero-order valence-corrected chi connectivity index (χ0v) is 16.1. The lowest BCUT2D eigenvalue weighted by Crippen LogP contribution is -2.49. The van der Waals surface area contributed by atoms with Gasteiger partial charge >= 0.3 is 5.97 Å². The van der Waals surface area contributed by atoms with E-state index in [9.17, 15) is 9.59 Å². The average molecular weight is 398 g/mol. The van der Waals surface area contributed by atoms with Crippen molar-refractivity contribution in [2.75, 3.05) is 0 Å². The Kier molecular flexibility index (Phi) is 10.3. The molecule has 1 rings (SSSR count). The maximum absolute atomic E-state index is 12.2. The highest BCUT2D eigenvalue weighted by molar-refractivity contribution is 6.35. The topological polar surface area (TPSA) is 78.4 Å². The maximum Gasteiger partial charge on any atom is 0.320 e. The molecule has 0 heterocycles. The summed E-state index contributed by atoms with van der Waals surface area (Å²) in [6.45, 7) is 5.34. The molecular formula is C16H23Cl3N2O3. The molecule has 3 atom stereocenters. The van der Waals surface area contributed by atoms with Crippen molar-refractivity contribution < 1.29 is 14.7 Å². The van der Waals surface area contributed by atoms with E-state index in [1.807, 2.05) is 6.92 Å². The van der Waals surface area contributed by atoms with Gasteiger partial charge < -0.3 is 10.4 Å². The van der Waals surface area contributed by atoms with Crippen LogP contribution in [0.1, 0.15) is 45.2 Å². The first-order valence-electron chi connectivity index (χ1n) is 7.50. The molecule has 24 heavy (non-hydrogen) atoms. The minimum absolute atomic E-state index is 0. The van der Waals surface area contributed by atoms with Gasteiger partial charge in [0.05, 0.1) is 12.1 Å². The summed E-state index contributed by atoms with van der Waals surface area (Å²) in [5, 5.41) is 15.8. The SMILES string of the molecule is CCCC(NC(C)C(=O)NC(C)c1ccc(Cl)cc1Cl)C(=O)O.Cl. The van der Waals surface area contributed by atoms with Gasteiger partial charge in [-0.1, -0.05) is 42.6 Å². The molecule has 0 aliphatic rings. The largest absolute Gasteiger partial charge is 0.480 e. The fourth-order valence-electron chi connectivity index (χ4n) is 2.21. The Morgan fingerprint density at radius 1 is 1.25 bits per heavy atom. The molecule has 0 saturated carbocycles.